The molecule has 2 aromatic carbocycles. The lowest BCUT2D eigenvalue weighted by atomic mass is 10.0. The number of anilines is 5. The number of nitrogens with one attached hydrogen (secondary N) is 4. The van der Waals surface area contributed by atoms with Crippen LogP contribution in [-0.2, 0) is 0 Å². The van der Waals surface area contributed by atoms with Crippen LogP contribution in [0.2, 0.25) is 0 Å². The fourth-order valence-electron chi connectivity index (χ4n) is 3.29. The number of nitrogens with zero attached hydrogens (tertiary/aromatic N) is 3. The molecule has 152 valence electrons. The van der Waals surface area contributed by atoms with E-state index in [4.69, 9.17) is 4.74 Å². The van der Waals surface area contributed by atoms with Crippen molar-refractivity contribution in [2.45, 2.75) is 19.4 Å². The highest BCUT2D eigenvalue weighted by Crippen LogP contribution is 2.35. The molecule has 3 heterocycles. The lowest BCUT2D eigenvalue weighted by Crippen LogP contribution is -2.40. The van der Waals surface area contributed by atoms with Crippen molar-refractivity contribution in [1.29, 1.82) is 0 Å². The second-order valence-corrected chi connectivity index (χ2v) is 7.82. The third-order valence-corrected chi connectivity index (χ3v) is 4.75. The van der Waals surface area contributed by atoms with Gasteiger partial charge in [0.1, 0.15) is 12.4 Å². The average Bonchev–Trinajstić information content (AvgIpc) is 3.17. The van der Waals surface area contributed by atoms with Gasteiger partial charge in [-0.2, -0.15) is 10.1 Å². The summed E-state index contributed by atoms with van der Waals surface area (Å²) in [6.45, 7) is 4.68. The predicted octanol–water partition coefficient (Wildman–Crippen LogP) is 4.56. The molecular formula is C21H20FN7O. The number of H-pyrrole nitrogens is 1. The standard InChI is InChI=1S/C21H20FN7O/c1-21(2)11-30-18-6-5-13(8-17(18)28-21)25-19-15(22)10-23-20(27-19)26-14-4-3-12-9-24-29-16(12)7-14/h3-10,28H,11H2,1-2H3,(H,24,29)(H2,23,25,26,27). The van der Waals surface area contributed by atoms with Gasteiger partial charge in [-0.1, -0.05) is 0 Å². The first kappa shape index (κ1) is 18.2. The molecule has 5 rings (SSSR count). The van der Waals surface area contributed by atoms with E-state index in [-0.39, 0.29) is 17.3 Å². The van der Waals surface area contributed by atoms with E-state index >= 15 is 0 Å². The Bertz CT molecular complexity index is 1240. The van der Waals surface area contributed by atoms with Gasteiger partial charge in [0.15, 0.2) is 11.6 Å². The van der Waals surface area contributed by atoms with Crippen LogP contribution in [0.4, 0.5) is 33.2 Å². The van der Waals surface area contributed by atoms with Gasteiger partial charge in [-0.3, -0.25) is 5.10 Å². The molecule has 0 fully saturated rings. The number of ether oxygens (including phenoxy) is 1. The minimum absolute atomic E-state index is 0.0751. The number of aromatic amines is 1. The fourth-order valence-corrected chi connectivity index (χ4v) is 3.29. The van der Waals surface area contributed by atoms with Crippen LogP contribution in [0.1, 0.15) is 13.8 Å². The highest BCUT2D eigenvalue weighted by Gasteiger charge is 2.25. The van der Waals surface area contributed by atoms with Crippen LogP contribution < -0.4 is 20.7 Å². The van der Waals surface area contributed by atoms with Crippen LogP contribution in [0.3, 0.4) is 0 Å². The summed E-state index contributed by atoms with van der Waals surface area (Å²) < 4.78 is 20.1. The quantitative estimate of drug-likeness (QED) is 0.395. The maximum atomic E-state index is 14.4. The molecule has 0 unspecified atom stereocenters. The van der Waals surface area contributed by atoms with Gasteiger partial charge in [-0.05, 0) is 50.2 Å². The minimum Gasteiger partial charge on any atom is -0.489 e. The lowest BCUT2D eigenvalue weighted by molar-refractivity contribution is 0.242. The van der Waals surface area contributed by atoms with E-state index < -0.39 is 5.82 Å². The summed E-state index contributed by atoms with van der Waals surface area (Å²) >= 11 is 0. The van der Waals surface area contributed by atoms with Gasteiger partial charge in [0.05, 0.1) is 29.1 Å². The molecule has 1 aliphatic heterocycles. The molecule has 30 heavy (non-hydrogen) atoms. The number of hydrogen-bond donors (Lipinski definition) is 4. The van der Waals surface area contributed by atoms with Gasteiger partial charge in [-0.25, -0.2) is 9.37 Å². The fraction of sp³-hybridized carbons (Fsp3) is 0.190. The minimum atomic E-state index is -0.549. The van der Waals surface area contributed by atoms with Gasteiger partial charge in [-0.15, -0.1) is 0 Å². The SMILES string of the molecule is CC1(C)COc2ccc(Nc3nc(Nc4ccc5cn[nH]c5c4)ncc3F)cc2N1. The summed E-state index contributed by atoms with van der Waals surface area (Å²) in [6.07, 6.45) is 2.88. The molecule has 0 atom stereocenters. The molecule has 0 amide bonds. The third kappa shape index (κ3) is 3.57. The zero-order chi connectivity index (χ0) is 20.7. The molecule has 4 aromatic rings. The first-order valence-corrected chi connectivity index (χ1v) is 9.50. The van der Waals surface area contributed by atoms with Crippen LogP contribution in [-0.4, -0.2) is 32.3 Å². The molecule has 4 N–H and O–H groups in total. The number of fused-ring (bicyclic) bond motifs is 2. The maximum Gasteiger partial charge on any atom is 0.229 e. The molecular weight excluding hydrogens is 385 g/mol. The van der Waals surface area contributed by atoms with Crippen LogP contribution in [0.25, 0.3) is 10.9 Å². The van der Waals surface area contributed by atoms with E-state index in [1.54, 1.807) is 6.20 Å². The Labute approximate surface area is 171 Å². The number of benzene rings is 2. The largest absolute Gasteiger partial charge is 0.489 e. The average molecular weight is 405 g/mol. The van der Waals surface area contributed by atoms with Crippen molar-refractivity contribution in [1.82, 2.24) is 20.2 Å². The van der Waals surface area contributed by atoms with Crippen LogP contribution in [0, 0.1) is 5.82 Å². The zero-order valence-electron chi connectivity index (χ0n) is 16.5. The third-order valence-electron chi connectivity index (χ3n) is 4.75. The monoisotopic (exact) mass is 405 g/mol. The van der Waals surface area contributed by atoms with Gasteiger partial charge >= 0.3 is 0 Å². The van der Waals surface area contributed by atoms with Crippen LogP contribution in [0.5, 0.6) is 5.75 Å². The molecule has 0 saturated heterocycles. The number of aromatic nitrogens is 4. The lowest BCUT2D eigenvalue weighted by Gasteiger charge is -2.33. The molecule has 0 aliphatic carbocycles. The molecule has 0 saturated carbocycles. The molecule has 9 heteroatoms. The van der Waals surface area contributed by atoms with Crippen molar-refractivity contribution < 1.29 is 9.13 Å². The molecule has 1 aliphatic rings. The summed E-state index contributed by atoms with van der Waals surface area (Å²) in [5.41, 5.74) is 2.99. The summed E-state index contributed by atoms with van der Waals surface area (Å²) in [5.74, 6) is 0.566. The van der Waals surface area contributed by atoms with Crippen molar-refractivity contribution in [3.63, 3.8) is 0 Å². The van der Waals surface area contributed by atoms with E-state index in [0.717, 1.165) is 34.2 Å². The van der Waals surface area contributed by atoms with Gasteiger partial charge in [0, 0.05) is 16.8 Å². The molecule has 0 spiro atoms. The Hall–Kier alpha value is -3.88. The highest BCUT2D eigenvalue weighted by atomic mass is 19.1. The Morgan fingerprint density at radius 1 is 1.07 bits per heavy atom. The van der Waals surface area contributed by atoms with E-state index in [0.29, 0.717) is 12.3 Å². The Kier molecular flexibility index (Phi) is 4.16. The van der Waals surface area contributed by atoms with Crippen molar-refractivity contribution >= 4 is 39.7 Å². The molecule has 8 nitrogen and oxygen atoms in total. The van der Waals surface area contributed by atoms with Crippen molar-refractivity contribution in [2.75, 3.05) is 22.6 Å². The number of rotatable bonds is 4. The second kappa shape index (κ2) is 6.87. The van der Waals surface area contributed by atoms with Crippen LogP contribution in [0.15, 0.2) is 48.8 Å². The van der Waals surface area contributed by atoms with Crippen molar-refractivity contribution in [3.05, 3.63) is 54.6 Å². The van der Waals surface area contributed by atoms with E-state index in [1.165, 1.54) is 0 Å². The molecule has 0 radical (unpaired) electrons. The second-order valence-electron chi connectivity index (χ2n) is 7.82. The predicted molar refractivity (Wildman–Crippen MR) is 114 cm³/mol. The zero-order valence-corrected chi connectivity index (χ0v) is 16.5. The summed E-state index contributed by atoms with van der Waals surface area (Å²) in [6, 6.07) is 11.2. The maximum absolute atomic E-state index is 14.4. The summed E-state index contributed by atoms with van der Waals surface area (Å²) in [4.78, 5) is 8.32. The Morgan fingerprint density at radius 2 is 1.90 bits per heavy atom. The summed E-state index contributed by atoms with van der Waals surface area (Å²) in [5, 5.41) is 17.4. The van der Waals surface area contributed by atoms with E-state index in [1.807, 2.05) is 36.4 Å². The van der Waals surface area contributed by atoms with Crippen molar-refractivity contribution in [2.24, 2.45) is 0 Å². The Balaban J connectivity index is 1.38. The van der Waals surface area contributed by atoms with Gasteiger partial charge < -0.3 is 20.7 Å². The van der Waals surface area contributed by atoms with Gasteiger partial charge in [0.2, 0.25) is 5.95 Å². The highest BCUT2D eigenvalue weighted by molar-refractivity contribution is 5.82. The van der Waals surface area contributed by atoms with Crippen molar-refractivity contribution in [3.8, 4) is 5.75 Å². The number of hydrogen-bond acceptors (Lipinski definition) is 7. The normalized spacial score (nSPS) is 14.5. The van der Waals surface area contributed by atoms with E-state index in [9.17, 15) is 4.39 Å². The topological polar surface area (TPSA) is 99.8 Å². The van der Waals surface area contributed by atoms with E-state index in [2.05, 4.69) is 50.0 Å². The smallest absolute Gasteiger partial charge is 0.229 e. The molecule has 2 aromatic heterocycles. The first-order valence-electron chi connectivity index (χ1n) is 9.50. The first-order chi connectivity index (χ1) is 14.4. The van der Waals surface area contributed by atoms with Gasteiger partial charge in [0.25, 0.3) is 0 Å². The Morgan fingerprint density at radius 3 is 2.80 bits per heavy atom. The molecule has 0 bridgehead atoms. The number of halogens is 1. The summed E-state index contributed by atoms with van der Waals surface area (Å²) in [7, 11) is 0. The van der Waals surface area contributed by atoms with Crippen LogP contribution >= 0.6 is 0 Å².